The molecule has 2 aromatic carbocycles. The summed E-state index contributed by atoms with van der Waals surface area (Å²) in [5, 5.41) is 0. The number of thioether (sulfide) groups is 1. The monoisotopic (exact) mass is 275 g/mol. The van der Waals surface area contributed by atoms with Gasteiger partial charge in [0.2, 0.25) is 0 Å². The normalized spacial score (nSPS) is 12.4. The number of halogens is 1. The summed E-state index contributed by atoms with van der Waals surface area (Å²) >= 11 is 1.65. The van der Waals surface area contributed by atoms with Gasteiger partial charge in [-0.05, 0) is 41.8 Å². The molecular formula is C16H18FNS. The molecule has 1 atom stereocenters. The van der Waals surface area contributed by atoms with Crippen LogP contribution in [0.5, 0.6) is 0 Å². The van der Waals surface area contributed by atoms with Gasteiger partial charge >= 0.3 is 0 Å². The average molecular weight is 275 g/mol. The minimum absolute atomic E-state index is 0.00144. The van der Waals surface area contributed by atoms with Crippen LogP contribution < -0.4 is 5.73 Å². The third-order valence-electron chi connectivity index (χ3n) is 3.03. The SMILES string of the molecule is CCc1cccc(C(N)CSc2ccc(F)cc2)c1. The number of nitrogens with two attached hydrogens (primary N) is 1. The summed E-state index contributed by atoms with van der Waals surface area (Å²) < 4.78 is 12.8. The lowest BCUT2D eigenvalue weighted by atomic mass is 10.0. The van der Waals surface area contributed by atoms with E-state index in [1.54, 1.807) is 23.9 Å². The van der Waals surface area contributed by atoms with Crippen LogP contribution in [0.15, 0.2) is 53.4 Å². The zero-order valence-electron chi connectivity index (χ0n) is 11.0. The summed E-state index contributed by atoms with van der Waals surface area (Å²) in [6.45, 7) is 2.14. The van der Waals surface area contributed by atoms with Crippen LogP contribution in [0.4, 0.5) is 4.39 Å². The molecule has 0 spiro atoms. The Hall–Kier alpha value is -1.32. The molecule has 1 unspecified atom stereocenters. The van der Waals surface area contributed by atoms with Gasteiger partial charge in [0.15, 0.2) is 0 Å². The lowest BCUT2D eigenvalue weighted by molar-refractivity contribution is 0.626. The van der Waals surface area contributed by atoms with Crippen LogP contribution in [0.25, 0.3) is 0 Å². The van der Waals surface area contributed by atoms with Crippen LogP contribution in [-0.2, 0) is 6.42 Å². The van der Waals surface area contributed by atoms with Gasteiger partial charge in [-0.1, -0.05) is 31.2 Å². The number of benzene rings is 2. The summed E-state index contributed by atoms with van der Waals surface area (Å²) in [6.07, 6.45) is 1.02. The van der Waals surface area contributed by atoms with E-state index in [-0.39, 0.29) is 11.9 Å². The minimum Gasteiger partial charge on any atom is -0.323 e. The highest BCUT2D eigenvalue weighted by atomic mass is 32.2. The number of hydrogen-bond acceptors (Lipinski definition) is 2. The van der Waals surface area contributed by atoms with Crippen molar-refractivity contribution < 1.29 is 4.39 Å². The zero-order valence-corrected chi connectivity index (χ0v) is 11.8. The molecule has 0 aliphatic carbocycles. The summed E-state index contributed by atoms with van der Waals surface area (Å²) in [6, 6.07) is 14.9. The van der Waals surface area contributed by atoms with Crippen LogP contribution in [0.1, 0.15) is 24.1 Å². The maximum atomic E-state index is 12.8. The fourth-order valence-electron chi connectivity index (χ4n) is 1.86. The molecule has 0 aliphatic rings. The van der Waals surface area contributed by atoms with Crippen LogP contribution in [-0.4, -0.2) is 5.75 Å². The summed E-state index contributed by atoms with van der Waals surface area (Å²) in [7, 11) is 0. The molecule has 0 amide bonds. The second-order valence-electron chi connectivity index (χ2n) is 4.47. The lowest BCUT2D eigenvalue weighted by Crippen LogP contribution is -2.13. The zero-order chi connectivity index (χ0) is 13.7. The van der Waals surface area contributed by atoms with Gasteiger partial charge in [0.25, 0.3) is 0 Å². The highest BCUT2D eigenvalue weighted by molar-refractivity contribution is 7.99. The smallest absolute Gasteiger partial charge is 0.123 e. The first-order chi connectivity index (χ1) is 9.19. The first-order valence-electron chi connectivity index (χ1n) is 6.42. The van der Waals surface area contributed by atoms with E-state index in [0.29, 0.717) is 0 Å². The number of hydrogen-bond donors (Lipinski definition) is 1. The van der Waals surface area contributed by atoms with Gasteiger partial charge in [-0.15, -0.1) is 11.8 Å². The van der Waals surface area contributed by atoms with Crippen molar-refractivity contribution in [2.75, 3.05) is 5.75 Å². The Labute approximate surface area is 118 Å². The Morgan fingerprint density at radius 3 is 2.58 bits per heavy atom. The third kappa shape index (κ3) is 4.08. The Balaban J connectivity index is 1.96. The van der Waals surface area contributed by atoms with Gasteiger partial charge in [0, 0.05) is 16.7 Å². The fourth-order valence-corrected chi connectivity index (χ4v) is 2.75. The molecule has 0 bridgehead atoms. The maximum Gasteiger partial charge on any atom is 0.123 e. The first kappa shape index (κ1) is 14.1. The Morgan fingerprint density at radius 2 is 1.89 bits per heavy atom. The van der Waals surface area contributed by atoms with Crippen molar-refractivity contribution in [3.05, 3.63) is 65.5 Å². The molecule has 0 radical (unpaired) electrons. The van der Waals surface area contributed by atoms with E-state index in [1.807, 2.05) is 0 Å². The molecule has 1 nitrogen and oxygen atoms in total. The van der Waals surface area contributed by atoms with Crippen molar-refractivity contribution in [3.8, 4) is 0 Å². The standard InChI is InChI=1S/C16H18FNS/c1-2-12-4-3-5-13(10-12)16(18)11-19-15-8-6-14(17)7-9-15/h3-10,16H,2,11,18H2,1H3. The summed E-state index contributed by atoms with van der Waals surface area (Å²) in [4.78, 5) is 1.04. The van der Waals surface area contributed by atoms with Gasteiger partial charge in [0.1, 0.15) is 5.82 Å². The van der Waals surface area contributed by atoms with Gasteiger partial charge < -0.3 is 5.73 Å². The molecule has 2 N–H and O–H groups in total. The Morgan fingerprint density at radius 1 is 1.16 bits per heavy atom. The predicted molar refractivity (Wildman–Crippen MR) is 79.9 cm³/mol. The molecule has 0 fully saturated rings. The first-order valence-corrected chi connectivity index (χ1v) is 7.40. The molecule has 0 saturated carbocycles. The van der Waals surface area contributed by atoms with E-state index in [0.717, 1.165) is 22.6 Å². The second kappa shape index (κ2) is 6.73. The number of rotatable bonds is 5. The molecule has 100 valence electrons. The van der Waals surface area contributed by atoms with Gasteiger partial charge in [-0.2, -0.15) is 0 Å². The topological polar surface area (TPSA) is 26.0 Å². The maximum absolute atomic E-state index is 12.8. The Bertz CT molecular complexity index is 525. The van der Waals surface area contributed by atoms with Gasteiger partial charge in [0.05, 0.1) is 0 Å². The largest absolute Gasteiger partial charge is 0.323 e. The molecule has 0 saturated heterocycles. The quantitative estimate of drug-likeness (QED) is 0.828. The lowest BCUT2D eigenvalue weighted by Gasteiger charge is -2.12. The third-order valence-corrected chi connectivity index (χ3v) is 4.16. The fraction of sp³-hybridized carbons (Fsp3) is 0.250. The van der Waals surface area contributed by atoms with E-state index >= 15 is 0 Å². The second-order valence-corrected chi connectivity index (χ2v) is 5.56. The number of aryl methyl sites for hydroxylation is 1. The average Bonchev–Trinajstić information content (AvgIpc) is 2.46. The molecular weight excluding hydrogens is 257 g/mol. The van der Waals surface area contributed by atoms with Crippen LogP contribution in [0.3, 0.4) is 0 Å². The van der Waals surface area contributed by atoms with Crippen LogP contribution >= 0.6 is 11.8 Å². The van der Waals surface area contributed by atoms with Crippen molar-refractivity contribution in [3.63, 3.8) is 0 Å². The van der Waals surface area contributed by atoms with Crippen molar-refractivity contribution in [2.24, 2.45) is 5.73 Å². The van der Waals surface area contributed by atoms with Crippen molar-refractivity contribution in [1.29, 1.82) is 0 Å². The minimum atomic E-state index is -0.204. The molecule has 3 heteroatoms. The van der Waals surface area contributed by atoms with E-state index in [9.17, 15) is 4.39 Å². The predicted octanol–water partition coefficient (Wildman–Crippen LogP) is 4.18. The van der Waals surface area contributed by atoms with E-state index in [4.69, 9.17) is 5.73 Å². The molecule has 0 heterocycles. The molecule has 2 aromatic rings. The van der Waals surface area contributed by atoms with E-state index < -0.39 is 0 Å². The highest BCUT2D eigenvalue weighted by Gasteiger charge is 2.07. The summed E-state index contributed by atoms with van der Waals surface area (Å²) in [5.41, 5.74) is 8.67. The molecule has 0 aromatic heterocycles. The van der Waals surface area contributed by atoms with Gasteiger partial charge in [-0.25, -0.2) is 4.39 Å². The highest BCUT2D eigenvalue weighted by Crippen LogP contribution is 2.24. The van der Waals surface area contributed by atoms with Gasteiger partial charge in [-0.3, -0.25) is 0 Å². The van der Waals surface area contributed by atoms with Crippen molar-refractivity contribution >= 4 is 11.8 Å². The molecule has 0 aliphatic heterocycles. The Kier molecular flexibility index (Phi) is 5.00. The van der Waals surface area contributed by atoms with Crippen molar-refractivity contribution in [1.82, 2.24) is 0 Å². The molecule has 19 heavy (non-hydrogen) atoms. The molecule has 2 rings (SSSR count). The van der Waals surface area contributed by atoms with E-state index in [1.165, 1.54) is 17.7 Å². The van der Waals surface area contributed by atoms with Crippen LogP contribution in [0.2, 0.25) is 0 Å². The van der Waals surface area contributed by atoms with Crippen molar-refractivity contribution in [2.45, 2.75) is 24.3 Å². The summed E-state index contributed by atoms with van der Waals surface area (Å²) in [5.74, 6) is 0.586. The van der Waals surface area contributed by atoms with Crippen LogP contribution in [0, 0.1) is 5.82 Å². The van der Waals surface area contributed by atoms with E-state index in [2.05, 4.69) is 31.2 Å².